The van der Waals surface area contributed by atoms with Crippen LogP contribution in [0.5, 0.6) is 5.75 Å². The van der Waals surface area contributed by atoms with Crippen LogP contribution in [0.2, 0.25) is 0 Å². The van der Waals surface area contributed by atoms with Crippen molar-refractivity contribution >= 4 is 29.2 Å². The van der Waals surface area contributed by atoms with Crippen LogP contribution in [0.25, 0.3) is 0 Å². The number of rotatable bonds is 4. The molecule has 0 saturated carbocycles. The first-order chi connectivity index (χ1) is 16.8. The SMILES string of the molecule is COC(=O)C1=C(C(=O)OC)N(c2cccc3c2OCC(=O)N3C)C(N)=C(C#N)C1c1ccccc1. The van der Waals surface area contributed by atoms with Crippen molar-refractivity contribution in [3.8, 4) is 11.8 Å². The second-order valence-electron chi connectivity index (χ2n) is 7.70. The minimum atomic E-state index is -0.983. The molecule has 2 aliphatic heterocycles. The number of methoxy groups -OCH3 is 2. The number of esters is 2. The number of hydrogen-bond acceptors (Lipinski definition) is 9. The number of carbonyl (C=O) groups is 3. The molecule has 0 saturated heterocycles. The van der Waals surface area contributed by atoms with Gasteiger partial charge in [-0.1, -0.05) is 36.4 Å². The molecule has 0 fully saturated rings. The predicted molar refractivity (Wildman–Crippen MR) is 125 cm³/mol. The quantitative estimate of drug-likeness (QED) is 0.660. The Morgan fingerprint density at radius 3 is 2.34 bits per heavy atom. The normalized spacial score (nSPS) is 17.4. The van der Waals surface area contributed by atoms with Crippen LogP contribution in [-0.4, -0.2) is 45.7 Å². The highest BCUT2D eigenvalue weighted by Gasteiger charge is 2.44. The fourth-order valence-corrected chi connectivity index (χ4v) is 4.23. The number of anilines is 2. The van der Waals surface area contributed by atoms with E-state index in [1.165, 1.54) is 24.0 Å². The Morgan fingerprint density at radius 1 is 1.06 bits per heavy atom. The van der Waals surface area contributed by atoms with Gasteiger partial charge in [0.25, 0.3) is 5.91 Å². The van der Waals surface area contributed by atoms with Crippen molar-refractivity contribution in [1.29, 1.82) is 5.26 Å². The lowest BCUT2D eigenvalue weighted by Crippen LogP contribution is -2.42. The fourth-order valence-electron chi connectivity index (χ4n) is 4.23. The minimum Gasteiger partial charge on any atom is -0.479 e. The summed E-state index contributed by atoms with van der Waals surface area (Å²) in [6.07, 6.45) is 0. The number of allylic oxidation sites excluding steroid dienone is 1. The zero-order valence-electron chi connectivity index (χ0n) is 19.3. The fraction of sp³-hybridized carbons (Fsp3) is 0.200. The molecule has 1 unspecified atom stereocenters. The Kier molecular flexibility index (Phi) is 6.16. The molecule has 0 aliphatic carbocycles. The monoisotopic (exact) mass is 474 g/mol. The number of amides is 1. The molecule has 2 aromatic rings. The van der Waals surface area contributed by atoms with Gasteiger partial charge in [-0.05, 0) is 17.7 Å². The van der Waals surface area contributed by atoms with Crippen molar-refractivity contribution in [2.45, 2.75) is 5.92 Å². The van der Waals surface area contributed by atoms with E-state index in [0.717, 1.165) is 0 Å². The molecule has 2 aromatic carbocycles. The maximum absolute atomic E-state index is 13.2. The molecule has 4 rings (SSSR count). The highest BCUT2D eigenvalue weighted by atomic mass is 16.5. The number of nitrogens with zero attached hydrogens (tertiary/aromatic N) is 3. The van der Waals surface area contributed by atoms with Crippen LogP contribution < -0.4 is 20.3 Å². The molecule has 0 aromatic heterocycles. The Labute approximate surface area is 201 Å². The zero-order valence-corrected chi connectivity index (χ0v) is 19.3. The molecule has 178 valence electrons. The van der Waals surface area contributed by atoms with Crippen molar-refractivity contribution < 1.29 is 28.6 Å². The third-order valence-electron chi connectivity index (χ3n) is 5.90. The smallest absolute Gasteiger partial charge is 0.355 e. The summed E-state index contributed by atoms with van der Waals surface area (Å²) >= 11 is 0. The summed E-state index contributed by atoms with van der Waals surface area (Å²) in [5, 5.41) is 10.1. The first kappa shape index (κ1) is 23.4. The molecule has 1 atom stereocenters. The number of likely N-dealkylation sites (N-methyl/N-ethyl adjacent to an activating group) is 1. The molecule has 1 amide bonds. The van der Waals surface area contributed by atoms with Gasteiger partial charge in [0.15, 0.2) is 12.4 Å². The van der Waals surface area contributed by atoms with Gasteiger partial charge in [0.05, 0.1) is 48.7 Å². The van der Waals surface area contributed by atoms with Crippen LogP contribution in [0.1, 0.15) is 11.5 Å². The molecule has 0 spiro atoms. The summed E-state index contributed by atoms with van der Waals surface area (Å²) in [5.41, 5.74) is 7.46. The Balaban J connectivity index is 2.08. The molecule has 0 radical (unpaired) electrons. The van der Waals surface area contributed by atoms with E-state index in [0.29, 0.717) is 11.3 Å². The third kappa shape index (κ3) is 3.73. The van der Waals surface area contributed by atoms with Crippen molar-refractivity contribution in [3.63, 3.8) is 0 Å². The first-order valence-corrected chi connectivity index (χ1v) is 10.5. The molecule has 2 N–H and O–H groups in total. The first-order valence-electron chi connectivity index (χ1n) is 10.5. The zero-order chi connectivity index (χ0) is 25.3. The molecule has 35 heavy (non-hydrogen) atoms. The van der Waals surface area contributed by atoms with Crippen LogP contribution in [0.15, 0.2) is 71.2 Å². The summed E-state index contributed by atoms with van der Waals surface area (Å²) in [4.78, 5) is 41.2. The molecule has 0 bridgehead atoms. The summed E-state index contributed by atoms with van der Waals surface area (Å²) in [5.74, 6) is -2.79. The van der Waals surface area contributed by atoms with Crippen molar-refractivity contribution in [1.82, 2.24) is 0 Å². The summed E-state index contributed by atoms with van der Waals surface area (Å²) in [7, 11) is 3.94. The number of benzene rings is 2. The standard InChI is InChI=1S/C25H22N4O6/c1-28-16-10-7-11-17(22(16)35-13-18(28)30)29-21(25(32)34-3)20(24(31)33-2)19(15(12-26)23(29)27)14-8-5-4-6-9-14/h4-11,19H,13,27H2,1-3H3. The number of ether oxygens (including phenoxy) is 3. The highest BCUT2D eigenvalue weighted by Crippen LogP contribution is 2.48. The van der Waals surface area contributed by atoms with Gasteiger partial charge in [0.2, 0.25) is 0 Å². The topological polar surface area (TPSA) is 135 Å². The minimum absolute atomic E-state index is 0.0297. The number of nitrogens with two attached hydrogens (primary N) is 1. The molecule has 10 heteroatoms. The summed E-state index contributed by atoms with van der Waals surface area (Å²) < 4.78 is 15.8. The highest BCUT2D eigenvalue weighted by molar-refractivity contribution is 6.07. The third-order valence-corrected chi connectivity index (χ3v) is 5.90. The molecule has 2 heterocycles. The number of carbonyl (C=O) groups excluding carboxylic acids is 3. The van der Waals surface area contributed by atoms with E-state index in [2.05, 4.69) is 6.07 Å². The average Bonchev–Trinajstić information content (AvgIpc) is 2.89. The predicted octanol–water partition coefficient (Wildman–Crippen LogP) is 1.94. The lowest BCUT2D eigenvalue weighted by Gasteiger charge is -2.37. The number of nitriles is 1. The van der Waals surface area contributed by atoms with Gasteiger partial charge in [-0.15, -0.1) is 0 Å². The largest absolute Gasteiger partial charge is 0.479 e. The Morgan fingerprint density at radius 2 is 1.71 bits per heavy atom. The molecule has 10 nitrogen and oxygen atoms in total. The number of para-hydroxylation sites is 1. The van der Waals surface area contributed by atoms with Gasteiger partial charge in [-0.3, -0.25) is 9.69 Å². The van der Waals surface area contributed by atoms with Gasteiger partial charge >= 0.3 is 11.9 Å². The summed E-state index contributed by atoms with van der Waals surface area (Å²) in [6, 6.07) is 15.7. The van der Waals surface area contributed by atoms with Crippen LogP contribution in [0.4, 0.5) is 11.4 Å². The van der Waals surface area contributed by atoms with Crippen LogP contribution in [-0.2, 0) is 23.9 Å². The van der Waals surface area contributed by atoms with Gasteiger partial charge in [0, 0.05) is 7.05 Å². The lowest BCUT2D eigenvalue weighted by molar-refractivity contribution is -0.139. The second-order valence-corrected chi connectivity index (χ2v) is 7.70. The van der Waals surface area contributed by atoms with E-state index in [4.69, 9.17) is 19.9 Å². The van der Waals surface area contributed by atoms with E-state index in [-0.39, 0.29) is 46.6 Å². The van der Waals surface area contributed by atoms with Gasteiger partial charge < -0.3 is 24.8 Å². The Hall–Kier alpha value is -4.78. The maximum Gasteiger partial charge on any atom is 0.355 e. The second kappa shape index (κ2) is 9.23. The summed E-state index contributed by atoms with van der Waals surface area (Å²) in [6.45, 7) is -0.239. The van der Waals surface area contributed by atoms with Crippen LogP contribution >= 0.6 is 0 Å². The number of hydrogen-bond donors (Lipinski definition) is 1. The van der Waals surface area contributed by atoms with Crippen LogP contribution in [0.3, 0.4) is 0 Å². The lowest BCUT2D eigenvalue weighted by atomic mass is 9.81. The van der Waals surface area contributed by atoms with E-state index >= 15 is 0 Å². The van der Waals surface area contributed by atoms with Gasteiger partial charge in [-0.25, -0.2) is 9.59 Å². The van der Waals surface area contributed by atoms with Crippen molar-refractivity contribution in [2.75, 3.05) is 37.7 Å². The van der Waals surface area contributed by atoms with E-state index in [1.54, 1.807) is 55.6 Å². The average molecular weight is 474 g/mol. The molecular formula is C25H22N4O6. The van der Waals surface area contributed by atoms with Crippen LogP contribution in [0, 0.1) is 11.3 Å². The maximum atomic E-state index is 13.2. The van der Waals surface area contributed by atoms with Gasteiger partial charge in [-0.2, -0.15) is 5.26 Å². The van der Waals surface area contributed by atoms with E-state index in [1.807, 2.05) is 0 Å². The Bertz CT molecular complexity index is 1330. The van der Waals surface area contributed by atoms with Crippen molar-refractivity contribution in [3.05, 3.63) is 76.8 Å². The number of fused-ring (bicyclic) bond motifs is 1. The molecule has 2 aliphatic rings. The molecular weight excluding hydrogens is 452 g/mol. The van der Waals surface area contributed by atoms with Crippen molar-refractivity contribution in [2.24, 2.45) is 5.73 Å². The van der Waals surface area contributed by atoms with Gasteiger partial charge in [0.1, 0.15) is 11.5 Å². The van der Waals surface area contributed by atoms with E-state index < -0.39 is 17.9 Å². The van der Waals surface area contributed by atoms with E-state index in [9.17, 15) is 19.6 Å².